The summed E-state index contributed by atoms with van der Waals surface area (Å²) < 4.78 is 3.50. The molecule has 0 aliphatic carbocycles. The van der Waals surface area contributed by atoms with Gasteiger partial charge in [-0.25, -0.2) is 0 Å². The van der Waals surface area contributed by atoms with Crippen LogP contribution in [0.4, 0.5) is 0 Å². The van der Waals surface area contributed by atoms with Gasteiger partial charge in [-0.15, -0.1) is 11.3 Å². The van der Waals surface area contributed by atoms with Gasteiger partial charge in [-0.1, -0.05) is 50.1 Å². The molecule has 102 valence electrons. The fourth-order valence-electron chi connectivity index (χ4n) is 2.47. The number of rotatable bonds is 3. The van der Waals surface area contributed by atoms with Crippen LogP contribution < -0.4 is 5.32 Å². The van der Waals surface area contributed by atoms with E-state index in [2.05, 4.69) is 85.0 Å². The van der Waals surface area contributed by atoms with Crippen LogP contribution in [-0.2, 0) is 0 Å². The van der Waals surface area contributed by atoms with Crippen molar-refractivity contribution in [2.24, 2.45) is 0 Å². The van der Waals surface area contributed by atoms with Crippen LogP contribution in [0, 0.1) is 0 Å². The van der Waals surface area contributed by atoms with Crippen LogP contribution >= 0.6 is 43.2 Å². The highest BCUT2D eigenvalue weighted by atomic mass is 79.9. The maximum absolute atomic E-state index is 3.57. The summed E-state index contributed by atoms with van der Waals surface area (Å²) in [4.78, 5) is 0. The van der Waals surface area contributed by atoms with Crippen molar-refractivity contribution in [1.82, 2.24) is 5.32 Å². The van der Waals surface area contributed by atoms with Gasteiger partial charge in [0, 0.05) is 13.6 Å². The van der Waals surface area contributed by atoms with Crippen molar-refractivity contribution in [2.45, 2.75) is 6.04 Å². The van der Waals surface area contributed by atoms with Crippen LogP contribution in [0.3, 0.4) is 0 Å². The molecule has 0 aliphatic heterocycles. The maximum Gasteiger partial charge on any atom is 0.0589 e. The van der Waals surface area contributed by atoms with Crippen LogP contribution in [0.2, 0.25) is 0 Å². The second-order valence-corrected chi connectivity index (χ2v) is 7.35. The molecule has 1 aromatic heterocycles. The number of nitrogens with one attached hydrogen (secondary N) is 1. The van der Waals surface area contributed by atoms with Gasteiger partial charge < -0.3 is 5.32 Å². The second kappa shape index (κ2) is 5.98. The maximum atomic E-state index is 3.57. The van der Waals surface area contributed by atoms with Crippen molar-refractivity contribution in [2.75, 3.05) is 7.05 Å². The van der Waals surface area contributed by atoms with Crippen LogP contribution in [0.25, 0.3) is 10.1 Å². The predicted molar refractivity (Wildman–Crippen MR) is 94.6 cm³/mol. The van der Waals surface area contributed by atoms with Crippen molar-refractivity contribution in [1.29, 1.82) is 0 Å². The zero-order valence-electron chi connectivity index (χ0n) is 10.9. The fourth-order valence-corrected chi connectivity index (χ4v) is 4.78. The quantitative estimate of drug-likeness (QED) is 0.580. The Labute approximate surface area is 139 Å². The van der Waals surface area contributed by atoms with E-state index < -0.39 is 0 Å². The van der Waals surface area contributed by atoms with E-state index in [0.717, 1.165) is 8.95 Å². The molecule has 1 atom stereocenters. The largest absolute Gasteiger partial charge is 0.309 e. The molecule has 0 amide bonds. The summed E-state index contributed by atoms with van der Waals surface area (Å²) in [6.45, 7) is 0. The summed E-state index contributed by atoms with van der Waals surface area (Å²) in [6, 6.07) is 15.1. The first-order valence-corrected chi connectivity index (χ1v) is 8.75. The van der Waals surface area contributed by atoms with Gasteiger partial charge in [-0.2, -0.15) is 0 Å². The molecular weight excluding hydrogens is 398 g/mol. The first kappa shape index (κ1) is 14.3. The van der Waals surface area contributed by atoms with E-state index in [4.69, 9.17) is 0 Å². The van der Waals surface area contributed by atoms with Gasteiger partial charge in [0.05, 0.1) is 6.04 Å². The molecule has 3 aromatic rings. The smallest absolute Gasteiger partial charge is 0.0589 e. The predicted octanol–water partition coefficient (Wildman–Crippen LogP) is 5.74. The van der Waals surface area contributed by atoms with Crippen molar-refractivity contribution in [3.8, 4) is 0 Å². The molecule has 1 N–H and O–H groups in total. The third-order valence-corrected chi connectivity index (χ3v) is 5.23. The van der Waals surface area contributed by atoms with E-state index in [1.54, 1.807) is 11.3 Å². The molecule has 3 rings (SSSR count). The number of hydrogen-bond donors (Lipinski definition) is 1. The molecule has 2 aromatic carbocycles. The van der Waals surface area contributed by atoms with Crippen LogP contribution in [0.15, 0.2) is 56.8 Å². The topological polar surface area (TPSA) is 12.0 Å². The van der Waals surface area contributed by atoms with Crippen molar-refractivity contribution in [3.63, 3.8) is 0 Å². The lowest BCUT2D eigenvalue weighted by Gasteiger charge is -2.17. The Morgan fingerprint density at radius 1 is 1.05 bits per heavy atom. The minimum Gasteiger partial charge on any atom is -0.309 e. The third kappa shape index (κ3) is 2.70. The summed E-state index contributed by atoms with van der Waals surface area (Å²) in [5.41, 5.74) is 2.58. The van der Waals surface area contributed by atoms with E-state index in [0.29, 0.717) is 0 Å². The van der Waals surface area contributed by atoms with Crippen LogP contribution in [-0.4, -0.2) is 7.05 Å². The van der Waals surface area contributed by atoms with Gasteiger partial charge >= 0.3 is 0 Å². The summed E-state index contributed by atoms with van der Waals surface area (Å²) in [5, 5.41) is 7.01. The summed E-state index contributed by atoms with van der Waals surface area (Å²) in [5.74, 6) is 0. The molecule has 0 fully saturated rings. The Balaban J connectivity index is 2.14. The van der Waals surface area contributed by atoms with E-state index in [1.165, 1.54) is 21.2 Å². The molecule has 0 radical (unpaired) electrons. The molecule has 0 aliphatic rings. The molecule has 1 heterocycles. The number of hydrogen-bond acceptors (Lipinski definition) is 2. The number of benzene rings is 2. The van der Waals surface area contributed by atoms with Crippen LogP contribution in [0.5, 0.6) is 0 Å². The molecule has 1 nitrogen and oxygen atoms in total. The third-order valence-electron chi connectivity index (χ3n) is 3.33. The highest BCUT2D eigenvalue weighted by Gasteiger charge is 2.17. The fraction of sp³-hybridized carbons (Fsp3) is 0.125. The zero-order valence-corrected chi connectivity index (χ0v) is 14.8. The average molecular weight is 411 g/mol. The van der Waals surface area contributed by atoms with Crippen molar-refractivity contribution < 1.29 is 0 Å². The normalized spacial score (nSPS) is 12.8. The Morgan fingerprint density at radius 3 is 2.45 bits per heavy atom. The average Bonchev–Trinajstić information content (AvgIpc) is 2.83. The monoisotopic (exact) mass is 409 g/mol. The van der Waals surface area contributed by atoms with E-state index in [9.17, 15) is 0 Å². The summed E-state index contributed by atoms with van der Waals surface area (Å²) in [6.07, 6.45) is 0. The van der Waals surface area contributed by atoms with Gasteiger partial charge in [0.2, 0.25) is 0 Å². The van der Waals surface area contributed by atoms with Gasteiger partial charge in [0.25, 0.3) is 0 Å². The van der Waals surface area contributed by atoms with E-state index in [1.807, 2.05) is 7.05 Å². The molecule has 4 heteroatoms. The number of thiophene rings is 1. The second-order valence-electron chi connectivity index (χ2n) is 4.61. The molecule has 0 saturated carbocycles. The lowest BCUT2D eigenvalue weighted by Crippen LogP contribution is -2.17. The lowest BCUT2D eigenvalue weighted by molar-refractivity contribution is 0.698. The molecule has 0 saturated heterocycles. The van der Waals surface area contributed by atoms with Gasteiger partial charge in [-0.3, -0.25) is 0 Å². The van der Waals surface area contributed by atoms with Gasteiger partial charge in [0.1, 0.15) is 0 Å². The number of halogens is 2. The van der Waals surface area contributed by atoms with Crippen LogP contribution in [0.1, 0.15) is 17.2 Å². The molecule has 1 unspecified atom stereocenters. The minimum atomic E-state index is 0.194. The molecule has 0 spiro atoms. The van der Waals surface area contributed by atoms with Gasteiger partial charge in [0.15, 0.2) is 0 Å². The standard InChI is InChI=1S/C16H13Br2NS/c1-19-16(10-6-11(17)8-12(18)7-10)14-9-20-15-5-3-2-4-13(14)15/h2-9,16,19H,1H3. The highest BCUT2D eigenvalue weighted by Crippen LogP contribution is 2.35. The summed E-state index contributed by atoms with van der Waals surface area (Å²) >= 11 is 8.93. The minimum absolute atomic E-state index is 0.194. The zero-order chi connectivity index (χ0) is 14.1. The Bertz CT molecular complexity index is 731. The number of fused-ring (bicyclic) bond motifs is 1. The van der Waals surface area contributed by atoms with E-state index >= 15 is 0 Å². The Hall–Kier alpha value is -0.680. The van der Waals surface area contributed by atoms with Crippen molar-refractivity contribution >= 4 is 53.3 Å². The highest BCUT2D eigenvalue weighted by molar-refractivity contribution is 9.11. The first-order chi connectivity index (χ1) is 9.69. The van der Waals surface area contributed by atoms with Crippen molar-refractivity contribution in [3.05, 3.63) is 67.9 Å². The van der Waals surface area contributed by atoms with E-state index in [-0.39, 0.29) is 6.04 Å². The summed E-state index contributed by atoms with van der Waals surface area (Å²) in [7, 11) is 2.01. The van der Waals surface area contributed by atoms with Gasteiger partial charge in [-0.05, 0) is 53.2 Å². The molecule has 0 bridgehead atoms. The SMILES string of the molecule is CNC(c1cc(Br)cc(Br)c1)c1csc2ccccc12. The molecule has 20 heavy (non-hydrogen) atoms. The molecular formula is C16H13Br2NS. The Kier molecular flexibility index (Phi) is 4.26. The lowest BCUT2D eigenvalue weighted by atomic mass is 9.98. The Morgan fingerprint density at radius 2 is 1.75 bits per heavy atom. The first-order valence-electron chi connectivity index (χ1n) is 6.28.